The number of hydrogen-bond donors (Lipinski definition) is 1. The molecular formula is C9H16BrN. The summed E-state index contributed by atoms with van der Waals surface area (Å²) >= 11 is 3.44. The fraction of sp³-hybridized carbons (Fsp3) is 0.556. The molecule has 64 valence electrons. The number of allylic oxidation sites excluding steroid dienone is 3. The van der Waals surface area contributed by atoms with Crippen molar-refractivity contribution in [1.82, 2.24) is 5.32 Å². The molecule has 0 heterocycles. The van der Waals surface area contributed by atoms with Crippen molar-refractivity contribution in [2.24, 2.45) is 0 Å². The Balaban J connectivity index is 3.85. The first kappa shape index (κ1) is 10.9. The second kappa shape index (κ2) is 6.62. The van der Waals surface area contributed by atoms with Crippen LogP contribution in [0.2, 0.25) is 0 Å². The zero-order valence-corrected chi connectivity index (χ0v) is 8.98. The number of halogens is 1. The number of hydrogen-bond acceptors (Lipinski definition) is 1. The van der Waals surface area contributed by atoms with Crippen LogP contribution in [-0.4, -0.2) is 12.6 Å². The minimum absolute atomic E-state index is 0.436. The van der Waals surface area contributed by atoms with Gasteiger partial charge in [-0.3, -0.25) is 0 Å². The van der Waals surface area contributed by atoms with Gasteiger partial charge < -0.3 is 5.32 Å². The molecule has 0 saturated heterocycles. The molecule has 0 spiro atoms. The van der Waals surface area contributed by atoms with Gasteiger partial charge in [0, 0.05) is 10.5 Å². The van der Waals surface area contributed by atoms with E-state index < -0.39 is 0 Å². The zero-order chi connectivity index (χ0) is 8.69. The summed E-state index contributed by atoms with van der Waals surface area (Å²) in [6, 6.07) is 0.436. The summed E-state index contributed by atoms with van der Waals surface area (Å²) < 4.78 is 1.13. The predicted molar refractivity (Wildman–Crippen MR) is 55.0 cm³/mol. The third-order valence-electron chi connectivity index (χ3n) is 1.26. The van der Waals surface area contributed by atoms with E-state index in [2.05, 4.69) is 41.2 Å². The van der Waals surface area contributed by atoms with Gasteiger partial charge in [-0.25, -0.2) is 0 Å². The average molecular weight is 218 g/mol. The first-order valence-electron chi connectivity index (χ1n) is 3.94. The lowest BCUT2D eigenvalue weighted by Crippen LogP contribution is -2.23. The Labute approximate surface area is 77.7 Å². The highest BCUT2D eigenvalue weighted by molar-refractivity contribution is 9.11. The molecule has 0 aliphatic rings. The monoisotopic (exact) mass is 217 g/mol. The Morgan fingerprint density at radius 2 is 2.27 bits per heavy atom. The topological polar surface area (TPSA) is 12.0 Å². The van der Waals surface area contributed by atoms with E-state index in [0.29, 0.717) is 6.04 Å². The molecule has 0 bridgehead atoms. The van der Waals surface area contributed by atoms with Crippen LogP contribution in [0.1, 0.15) is 20.8 Å². The fourth-order valence-electron chi connectivity index (χ4n) is 0.835. The van der Waals surface area contributed by atoms with Crippen LogP contribution in [0.5, 0.6) is 0 Å². The van der Waals surface area contributed by atoms with E-state index in [-0.39, 0.29) is 0 Å². The summed E-state index contributed by atoms with van der Waals surface area (Å²) in [5.41, 5.74) is 0. The van der Waals surface area contributed by atoms with E-state index in [1.54, 1.807) is 0 Å². The van der Waals surface area contributed by atoms with Crippen LogP contribution in [0.15, 0.2) is 22.7 Å². The van der Waals surface area contributed by atoms with Crippen LogP contribution >= 0.6 is 15.9 Å². The van der Waals surface area contributed by atoms with Crippen molar-refractivity contribution in [3.63, 3.8) is 0 Å². The summed E-state index contributed by atoms with van der Waals surface area (Å²) in [5.74, 6) is 0. The Bertz CT molecular complexity index is 150. The highest BCUT2D eigenvalue weighted by Gasteiger charge is 1.93. The summed E-state index contributed by atoms with van der Waals surface area (Å²) in [7, 11) is 0. The molecule has 0 fully saturated rings. The Morgan fingerprint density at radius 3 is 2.73 bits per heavy atom. The minimum Gasteiger partial charge on any atom is -0.311 e. The van der Waals surface area contributed by atoms with Gasteiger partial charge in [0.15, 0.2) is 0 Å². The molecule has 2 heteroatoms. The van der Waals surface area contributed by atoms with E-state index in [9.17, 15) is 0 Å². The smallest absolute Gasteiger partial charge is 0.0235 e. The third-order valence-corrected chi connectivity index (χ3v) is 1.79. The van der Waals surface area contributed by atoms with Gasteiger partial charge in [0.25, 0.3) is 0 Å². The van der Waals surface area contributed by atoms with Crippen molar-refractivity contribution < 1.29 is 0 Å². The molecule has 0 aliphatic heterocycles. The van der Waals surface area contributed by atoms with E-state index in [1.165, 1.54) is 0 Å². The maximum Gasteiger partial charge on any atom is 0.0235 e. The average Bonchev–Trinajstić information content (AvgIpc) is 1.87. The molecule has 0 radical (unpaired) electrons. The molecule has 1 nitrogen and oxygen atoms in total. The summed E-state index contributed by atoms with van der Waals surface area (Å²) in [6.45, 7) is 7.25. The lowest BCUT2D eigenvalue weighted by Gasteiger charge is -2.05. The van der Waals surface area contributed by atoms with Gasteiger partial charge in [-0.2, -0.15) is 0 Å². The van der Waals surface area contributed by atoms with Crippen molar-refractivity contribution in [1.29, 1.82) is 0 Å². The second-order valence-corrected chi connectivity index (χ2v) is 3.31. The van der Waals surface area contributed by atoms with Crippen LogP contribution in [0.25, 0.3) is 0 Å². The van der Waals surface area contributed by atoms with Crippen LogP contribution < -0.4 is 5.32 Å². The van der Waals surface area contributed by atoms with Crippen LogP contribution in [0.3, 0.4) is 0 Å². The molecule has 11 heavy (non-hydrogen) atoms. The maximum atomic E-state index is 3.44. The van der Waals surface area contributed by atoms with Gasteiger partial charge in [-0.1, -0.05) is 41.1 Å². The molecule has 1 atom stereocenters. The first-order chi connectivity index (χ1) is 5.20. The van der Waals surface area contributed by atoms with Gasteiger partial charge >= 0.3 is 0 Å². The van der Waals surface area contributed by atoms with E-state index in [0.717, 1.165) is 11.0 Å². The van der Waals surface area contributed by atoms with Gasteiger partial charge in [-0.05, 0) is 20.4 Å². The Hall–Kier alpha value is -0.0800. The van der Waals surface area contributed by atoms with E-state index in [1.807, 2.05) is 19.1 Å². The SMILES string of the molecule is C/C=C\C(Br)=C/[C@@H](C)NCC. The van der Waals surface area contributed by atoms with Crippen LogP contribution in [-0.2, 0) is 0 Å². The predicted octanol–water partition coefficient (Wildman–Crippen LogP) is 2.84. The summed E-state index contributed by atoms with van der Waals surface area (Å²) in [6.07, 6.45) is 6.19. The molecule has 0 rings (SSSR count). The molecule has 0 unspecified atom stereocenters. The van der Waals surface area contributed by atoms with Gasteiger partial charge in [0.2, 0.25) is 0 Å². The summed E-state index contributed by atoms with van der Waals surface area (Å²) in [4.78, 5) is 0. The van der Waals surface area contributed by atoms with Crippen LogP contribution in [0, 0.1) is 0 Å². The Kier molecular flexibility index (Phi) is 6.57. The minimum atomic E-state index is 0.436. The molecule has 0 saturated carbocycles. The molecule has 0 aromatic rings. The van der Waals surface area contributed by atoms with E-state index >= 15 is 0 Å². The molecule has 1 N–H and O–H groups in total. The molecule has 0 aliphatic carbocycles. The lowest BCUT2D eigenvalue weighted by molar-refractivity contribution is 0.660. The van der Waals surface area contributed by atoms with Gasteiger partial charge in [0.05, 0.1) is 0 Å². The molecule has 0 aromatic heterocycles. The van der Waals surface area contributed by atoms with Crippen molar-refractivity contribution in [2.75, 3.05) is 6.54 Å². The maximum absolute atomic E-state index is 3.44. The molecule has 0 amide bonds. The third kappa shape index (κ3) is 6.32. The highest BCUT2D eigenvalue weighted by Crippen LogP contribution is 2.07. The normalized spacial score (nSPS) is 15.8. The van der Waals surface area contributed by atoms with Crippen molar-refractivity contribution in [2.45, 2.75) is 26.8 Å². The highest BCUT2D eigenvalue weighted by atomic mass is 79.9. The fourth-order valence-corrected chi connectivity index (χ4v) is 1.50. The lowest BCUT2D eigenvalue weighted by atomic mass is 10.3. The standard InChI is InChI=1S/C9H16BrN/c1-4-6-9(10)7-8(3)11-5-2/h4,6-8,11H,5H2,1-3H3/b6-4-,9-7+/t8-/m1/s1. The number of likely N-dealkylation sites (N-methyl/N-ethyl adjacent to an activating group) is 1. The summed E-state index contributed by atoms with van der Waals surface area (Å²) in [5, 5.41) is 3.29. The van der Waals surface area contributed by atoms with E-state index in [4.69, 9.17) is 0 Å². The largest absolute Gasteiger partial charge is 0.311 e. The number of rotatable bonds is 4. The van der Waals surface area contributed by atoms with Crippen LogP contribution in [0.4, 0.5) is 0 Å². The molecular weight excluding hydrogens is 202 g/mol. The first-order valence-corrected chi connectivity index (χ1v) is 4.73. The van der Waals surface area contributed by atoms with Crippen molar-refractivity contribution in [3.05, 3.63) is 22.7 Å². The Morgan fingerprint density at radius 1 is 1.64 bits per heavy atom. The number of nitrogens with one attached hydrogen (secondary N) is 1. The van der Waals surface area contributed by atoms with Crippen molar-refractivity contribution >= 4 is 15.9 Å². The van der Waals surface area contributed by atoms with Gasteiger partial charge in [-0.15, -0.1) is 0 Å². The van der Waals surface area contributed by atoms with Gasteiger partial charge in [0.1, 0.15) is 0 Å². The van der Waals surface area contributed by atoms with Crippen molar-refractivity contribution in [3.8, 4) is 0 Å². The zero-order valence-electron chi connectivity index (χ0n) is 7.39. The second-order valence-electron chi connectivity index (χ2n) is 2.40. The quantitative estimate of drug-likeness (QED) is 0.715. The molecule has 0 aromatic carbocycles.